The Morgan fingerprint density at radius 2 is 1.44 bits per heavy atom. The molecular weight excluding hydrogens is 402 g/mol. The molecule has 124 valence electrons. The highest BCUT2D eigenvalue weighted by Gasteiger charge is 2.12. The van der Waals surface area contributed by atoms with E-state index in [1.54, 1.807) is 48.5 Å². The molecule has 0 heterocycles. The minimum atomic E-state index is -0.513. The quantitative estimate of drug-likeness (QED) is 0.336. The zero-order chi connectivity index (χ0) is 17.8. The van der Waals surface area contributed by atoms with Crippen molar-refractivity contribution in [2.24, 2.45) is 0 Å². The minimum Gasteiger partial charge on any atom is -0.423 e. The molecule has 0 aliphatic carbocycles. The van der Waals surface area contributed by atoms with Gasteiger partial charge in [-0.25, -0.2) is 4.79 Å². The summed E-state index contributed by atoms with van der Waals surface area (Å²) in [6.07, 6.45) is 0. The molecule has 3 aromatic carbocycles. The van der Waals surface area contributed by atoms with Crippen LogP contribution >= 0.6 is 27.5 Å². The first-order chi connectivity index (χ1) is 12.0. The van der Waals surface area contributed by atoms with Crippen LogP contribution in [0.5, 0.6) is 5.75 Å². The monoisotopic (exact) mass is 413 g/mol. The molecule has 0 aliphatic rings. The molecule has 0 saturated carbocycles. The Morgan fingerprint density at radius 3 is 2.04 bits per heavy atom. The highest BCUT2D eigenvalue weighted by Crippen LogP contribution is 2.20. The van der Waals surface area contributed by atoms with Crippen molar-refractivity contribution in [2.75, 3.05) is 0 Å². The third-order valence-electron chi connectivity index (χ3n) is 3.58. The highest BCUT2D eigenvalue weighted by atomic mass is 79.9. The summed E-state index contributed by atoms with van der Waals surface area (Å²) < 4.78 is 6.30. The lowest BCUT2D eigenvalue weighted by molar-refractivity contribution is 0.0735. The van der Waals surface area contributed by atoms with E-state index in [4.69, 9.17) is 21.7 Å². The predicted molar refractivity (Wildman–Crippen MR) is 103 cm³/mol. The predicted octanol–water partition coefficient (Wildman–Crippen LogP) is 5.74. The smallest absolute Gasteiger partial charge is 0.345 e. The van der Waals surface area contributed by atoms with Gasteiger partial charge in [0.05, 0.1) is 16.3 Å². The number of hydrogen-bond acceptors (Lipinski definition) is 3. The van der Waals surface area contributed by atoms with Crippen LogP contribution in [0.1, 0.15) is 21.5 Å². The Morgan fingerprint density at radius 1 is 0.880 bits per heavy atom. The normalized spacial score (nSPS) is 10.3. The first-order valence-corrected chi connectivity index (χ1v) is 8.63. The van der Waals surface area contributed by atoms with Crippen molar-refractivity contribution in [2.45, 2.75) is 0 Å². The molecule has 0 aliphatic heterocycles. The number of hydrogen-bond donors (Lipinski definition) is 1. The summed E-state index contributed by atoms with van der Waals surface area (Å²) >= 11 is 9.38. The number of carbonyl (C=O) groups is 1. The van der Waals surface area contributed by atoms with Gasteiger partial charge in [-0.1, -0.05) is 51.8 Å². The van der Waals surface area contributed by atoms with Crippen LogP contribution in [0.15, 0.2) is 77.3 Å². The standard InChI is InChI=1S/C20H13BrClNO2/c21-15-9-5-13(6-10-15)19(23)14-7-11-16(12-8-14)25-20(24)17-3-1-2-4-18(17)22/h1-12,23H. The van der Waals surface area contributed by atoms with Crippen molar-refractivity contribution in [3.63, 3.8) is 0 Å². The fraction of sp³-hybridized carbons (Fsp3) is 0. The van der Waals surface area contributed by atoms with Crippen LogP contribution in [0.2, 0.25) is 5.02 Å². The Bertz CT molecular complexity index is 921. The number of halogens is 2. The molecule has 0 fully saturated rings. The van der Waals surface area contributed by atoms with Gasteiger partial charge in [0.2, 0.25) is 0 Å². The summed E-state index contributed by atoms with van der Waals surface area (Å²) in [5, 5.41) is 8.62. The van der Waals surface area contributed by atoms with Crippen molar-refractivity contribution >= 4 is 39.2 Å². The maximum atomic E-state index is 12.2. The number of benzene rings is 3. The Labute approximate surface area is 158 Å². The zero-order valence-electron chi connectivity index (χ0n) is 13.0. The highest BCUT2D eigenvalue weighted by molar-refractivity contribution is 9.10. The minimum absolute atomic E-state index is 0.316. The molecule has 3 nitrogen and oxygen atoms in total. The first kappa shape index (κ1) is 17.4. The lowest BCUT2D eigenvalue weighted by Gasteiger charge is -2.08. The molecule has 3 aromatic rings. The van der Waals surface area contributed by atoms with E-state index in [-0.39, 0.29) is 0 Å². The van der Waals surface area contributed by atoms with Gasteiger partial charge in [-0.05, 0) is 48.5 Å². The van der Waals surface area contributed by atoms with Crippen LogP contribution in [-0.4, -0.2) is 11.7 Å². The molecule has 0 aromatic heterocycles. The van der Waals surface area contributed by atoms with Gasteiger partial charge >= 0.3 is 5.97 Å². The van der Waals surface area contributed by atoms with E-state index >= 15 is 0 Å². The summed E-state index contributed by atoms with van der Waals surface area (Å²) in [6, 6.07) is 21.1. The van der Waals surface area contributed by atoms with E-state index in [0.29, 0.717) is 22.0 Å². The molecule has 5 heteroatoms. The van der Waals surface area contributed by atoms with E-state index in [0.717, 1.165) is 15.6 Å². The Hall–Kier alpha value is -2.43. The Balaban J connectivity index is 1.74. The topological polar surface area (TPSA) is 50.1 Å². The van der Waals surface area contributed by atoms with Crippen LogP contribution < -0.4 is 4.74 Å². The van der Waals surface area contributed by atoms with Crippen molar-refractivity contribution in [3.05, 3.63) is 99.0 Å². The van der Waals surface area contributed by atoms with Crippen LogP contribution in [-0.2, 0) is 0 Å². The van der Waals surface area contributed by atoms with Gasteiger partial charge in [0.1, 0.15) is 5.75 Å². The summed E-state index contributed by atoms with van der Waals surface area (Å²) in [7, 11) is 0. The maximum absolute atomic E-state index is 12.2. The number of esters is 1. The van der Waals surface area contributed by atoms with Crippen LogP contribution in [0, 0.1) is 5.41 Å². The van der Waals surface area contributed by atoms with Gasteiger partial charge in [0, 0.05) is 15.6 Å². The van der Waals surface area contributed by atoms with Crippen LogP contribution in [0.25, 0.3) is 0 Å². The van der Waals surface area contributed by atoms with Crippen molar-refractivity contribution in [1.29, 1.82) is 5.41 Å². The van der Waals surface area contributed by atoms with Crippen molar-refractivity contribution < 1.29 is 9.53 Å². The van der Waals surface area contributed by atoms with Crippen LogP contribution in [0.3, 0.4) is 0 Å². The second-order valence-electron chi connectivity index (χ2n) is 5.28. The number of ether oxygens (including phenoxy) is 1. The van der Waals surface area contributed by atoms with Crippen LogP contribution in [0.4, 0.5) is 0 Å². The molecule has 0 spiro atoms. The molecule has 0 amide bonds. The molecule has 0 saturated heterocycles. The molecule has 1 N–H and O–H groups in total. The molecule has 0 atom stereocenters. The summed E-state index contributed by atoms with van der Waals surface area (Å²) in [5.74, 6) is -0.112. The fourth-order valence-electron chi connectivity index (χ4n) is 2.26. The van der Waals surface area contributed by atoms with E-state index in [1.165, 1.54) is 0 Å². The van der Waals surface area contributed by atoms with Gasteiger partial charge in [-0.15, -0.1) is 0 Å². The number of nitrogens with one attached hydrogen (secondary N) is 1. The van der Waals surface area contributed by atoms with Gasteiger partial charge in [-0.2, -0.15) is 0 Å². The lowest BCUT2D eigenvalue weighted by atomic mass is 10.0. The summed E-state index contributed by atoms with van der Waals surface area (Å²) in [5.41, 5.74) is 2.26. The third-order valence-corrected chi connectivity index (χ3v) is 4.44. The summed E-state index contributed by atoms with van der Waals surface area (Å²) in [4.78, 5) is 12.2. The van der Waals surface area contributed by atoms with Crippen molar-refractivity contribution in [3.8, 4) is 5.75 Å². The average Bonchev–Trinajstić information content (AvgIpc) is 2.63. The third kappa shape index (κ3) is 4.16. The van der Waals surface area contributed by atoms with Crippen molar-refractivity contribution in [1.82, 2.24) is 0 Å². The van der Waals surface area contributed by atoms with E-state index in [9.17, 15) is 4.79 Å². The molecule has 0 unspecified atom stereocenters. The van der Waals surface area contributed by atoms with Gasteiger partial charge in [0.15, 0.2) is 0 Å². The zero-order valence-corrected chi connectivity index (χ0v) is 15.3. The van der Waals surface area contributed by atoms with E-state index in [1.807, 2.05) is 24.3 Å². The second kappa shape index (κ2) is 7.64. The van der Waals surface area contributed by atoms with Gasteiger partial charge in [-0.3, -0.25) is 5.41 Å². The largest absolute Gasteiger partial charge is 0.423 e. The molecular formula is C20H13BrClNO2. The Kier molecular flexibility index (Phi) is 5.31. The summed E-state index contributed by atoms with van der Waals surface area (Å²) in [6.45, 7) is 0. The molecule has 0 bridgehead atoms. The first-order valence-electron chi connectivity index (χ1n) is 7.46. The SMILES string of the molecule is N=C(c1ccc(Br)cc1)c1ccc(OC(=O)c2ccccc2Cl)cc1. The van der Waals surface area contributed by atoms with Gasteiger partial charge < -0.3 is 4.74 Å². The average molecular weight is 415 g/mol. The van der Waals surface area contributed by atoms with E-state index < -0.39 is 5.97 Å². The molecule has 25 heavy (non-hydrogen) atoms. The van der Waals surface area contributed by atoms with Gasteiger partial charge in [0.25, 0.3) is 0 Å². The molecule has 0 radical (unpaired) electrons. The lowest BCUT2D eigenvalue weighted by Crippen LogP contribution is -2.09. The number of carbonyl (C=O) groups excluding carboxylic acids is 1. The maximum Gasteiger partial charge on any atom is 0.345 e. The molecule has 3 rings (SSSR count). The fourth-order valence-corrected chi connectivity index (χ4v) is 2.74. The van der Waals surface area contributed by atoms with E-state index in [2.05, 4.69) is 15.9 Å². The second-order valence-corrected chi connectivity index (χ2v) is 6.60. The number of rotatable bonds is 4.